The molecule has 0 bridgehead atoms. The minimum atomic E-state index is -0.759. The third-order valence-electron chi connectivity index (χ3n) is 2.77. The number of carbonyl (C=O) groups excluding carboxylic acids is 1. The zero-order valence-electron chi connectivity index (χ0n) is 11.2. The lowest BCUT2D eigenvalue weighted by molar-refractivity contribution is -0.114. The van der Waals surface area contributed by atoms with E-state index in [0.29, 0.717) is 5.69 Å². The summed E-state index contributed by atoms with van der Waals surface area (Å²) >= 11 is 3.05. The number of halogens is 3. The summed E-state index contributed by atoms with van der Waals surface area (Å²) in [5.74, 6) is -1.77. The van der Waals surface area contributed by atoms with Crippen LogP contribution in [0.25, 0.3) is 0 Å². The molecule has 3 nitrogen and oxygen atoms in total. The molecule has 0 aliphatic rings. The Kier molecular flexibility index (Phi) is 4.90. The Hall–Kier alpha value is -1.95. The molecule has 0 aliphatic heterocycles. The highest BCUT2D eigenvalue weighted by Crippen LogP contribution is 2.26. The highest BCUT2D eigenvalue weighted by atomic mass is 79.9. The molecule has 110 valence electrons. The Bertz CT molecular complexity index is 636. The van der Waals surface area contributed by atoms with Crippen molar-refractivity contribution in [1.29, 1.82) is 0 Å². The molecule has 2 N–H and O–H groups in total. The van der Waals surface area contributed by atoms with Crippen molar-refractivity contribution in [2.75, 3.05) is 17.2 Å². The van der Waals surface area contributed by atoms with Gasteiger partial charge < -0.3 is 10.6 Å². The van der Waals surface area contributed by atoms with Crippen LogP contribution in [-0.4, -0.2) is 12.5 Å². The van der Waals surface area contributed by atoms with Gasteiger partial charge in [0.2, 0.25) is 5.91 Å². The van der Waals surface area contributed by atoms with E-state index >= 15 is 0 Å². The van der Waals surface area contributed by atoms with Crippen LogP contribution in [0.3, 0.4) is 0 Å². The van der Waals surface area contributed by atoms with Crippen molar-refractivity contribution < 1.29 is 13.6 Å². The lowest BCUT2D eigenvalue weighted by Crippen LogP contribution is -2.22. The molecule has 2 aromatic rings. The van der Waals surface area contributed by atoms with E-state index in [9.17, 15) is 13.6 Å². The van der Waals surface area contributed by atoms with Crippen molar-refractivity contribution in [1.82, 2.24) is 0 Å². The maximum Gasteiger partial charge on any atom is 0.243 e. The van der Waals surface area contributed by atoms with Gasteiger partial charge >= 0.3 is 0 Å². The largest absolute Gasteiger partial charge is 0.373 e. The molecule has 0 aromatic heterocycles. The van der Waals surface area contributed by atoms with Crippen molar-refractivity contribution in [3.8, 4) is 0 Å². The van der Waals surface area contributed by atoms with Crippen LogP contribution in [0.4, 0.5) is 20.2 Å². The third-order valence-corrected chi connectivity index (χ3v) is 3.39. The van der Waals surface area contributed by atoms with Crippen LogP contribution >= 0.6 is 15.9 Å². The first-order valence-corrected chi connectivity index (χ1v) is 7.00. The van der Waals surface area contributed by atoms with Crippen molar-refractivity contribution in [2.45, 2.75) is 6.92 Å². The van der Waals surface area contributed by atoms with Crippen LogP contribution < -0.4 is 10.6 Å². The first-order chi connectivity index (χ1) is 9.95. The molecule has 0 radical (unpaired) electrons. The van der Waals surface area contributed by atoms with E-state index in [1.54, 1.807) is 12.1 Å². The van der Waals surface area contributed by atoms with E-state index in [1.165, 1.54) is 0 Å². The minimum Gasteiger partial charge on any atom is -0.373 e. The summed E-state index contributed by atoms with van der Waals surface area (Å²) < 4.78 is 26.7. The van der Waals surface area contributed by atoms with Gasteiger partial charge in [0.15, 0.2) is 0 Å². The van der Waals surface area contributed by atoms with Gasteiger partial charge in [-0.2, -0.15) is 0 Å². The number of aryl methyl sites for hydroxylation is 1. The average Bonchev–Trinajstić information content (AvgIpc) is 2.40. The molecule has 6 heteroatoms. The van der Waals surface area contributed by atoms with Gasteiger partial charge in [-0.15, -0.1) is 0 Å². The van der Waals surface area contributed by atoms with Gasteiger partial charge in [-0.3, -0.25) is 4.79 Å². The van der Waals surface area contributed by atoms with Gasteiger partial charge in [-0.25, -0.2) is 8.78 Å². The Balaban J connectivity index is 1.97. The van der Waals surface area contributed by atoms with Crippen LogP contribution in [0.1, 0.15) is 5.56 Å². The van der Waals surface area contributed by atoms with Crippen molar-refractivity contribution in [3.05, 3.63) is 58.1 Å². The van der Waals surface area contributed by atoms with Gasteiger partial charge in [-0.1, -0.05) is 17.7 Å². The summed E-state index contributed by atoms with van der Waals surface area (Å²) in [6.07, 6.45) is 0. The summed E-state index contributed by atoms with van der Waals surface area (Å²) in [6.45, 7) is 1.82. The summed E-state index contributed by atoms with van der Waals surface area (Å²) in [5, 5.41) is 5.32. The monoisotopic (exact) mass is 354 g/mol. The molecule has 2 aromatic carbocycles. The molecule has 1 amide bonds. The minimum absolute atomic E-state index is 0.0513. The van der Waals surface area contributed by atoms with Gasteiger partial charge in [0, 0.05) is 16.2 Å². The zero-order chi connectivity index (χ0) is 15.4. The molecular formula is C15H13BrF2N2O. The van der Waals surface area contributed by atoms with Gasteiger partial charge in [0.05, 0.1) is 12.2 Å². The van der Waals surface area contributed by atoms with Crippen LogP contribution in [-0.2, 0) is 4.79 Å². The Morgan fingerprint density at radius 2 is 1.86 bits per heavy atom. The lowest BCUT2D eigenvalue weighted by Gasteiger charge is -2.10. The quantitative estimate of drug-likeness (QED) is 0.868. The second-order valence-corrected chi connectivity index (χ2v) is 5.37. The Labute approximate surface area is 129 Å². The average molecular weight is 355 g/mol. The summed E-state index contributed by atoms with van der Waals surface area (Å²) in [5.41, 5.74) is 1.80. The number of anilines is 2. The van der Waals surface area contributed by atoms with E-state index in [4.69, 9.17) is 0 Å². The fourth-order valence-electron chi connectivity index (χ4n) is 1.72. The van der Waals surface area contributed by atoms with Crippen LogP contribution in [0.5, 0.6) is 0 Å². The SMILES string of the molecule is Cc1ccc(NC(=O)CNc2c(F)cc(F)cc2Br)cc1. The van der Waals surface area contributed by atoms with Gasteiger partial charge in [0.1, 0.15) is 11.6 Å². The molecule has 0 fully saturated rings. The topological polar surface area (TPSA) is 41.1 Å². The van der Waals surface area contributed by atoms with Crippen LogP contribution in [0.2, 0.25) is 0 Å². The number of benzene rings is 2. The van der Waals surface area contributed by atoms with Gasteiger partial charge in [0.25, 0.3) is 0 Å². The fourth-order valence-corrected chi connectivity index (χ4v) is 2.27. The van der Waals surface area contributed by atoms with Crippen molar-refractivity contribution >= 4 is 33.2 Å². The second-order valence-electron chi connectivity index (χ2n) is 4.51. The molecule has 0 spiro atoms. The number of hydrogen-bond donors (Lipinski definition) is 2. The van der Waals surface area contributed by atoms with Crippen LogP contribution in [0.15, 0.2) is 40.9 Å². The maximum atomic E-state index is 13.6. The number of amides is 1. The molecule has 0 unspecified atom stereocenters. The lowest BCUT2D eigenvalue weighted by atomic mass is 10.2. The maximum absolute atomic E-state index is 13.6. The van der Waals surface area contributed by atoms with E-state index in [0.717, 1.165) is 17.7 Å². The summed E-state index contributed by atoms with van der Waals surface area (Å²) in [4.78, 5) is 11.8. The first kappa shape index (κ1) is 15.4. The smallest absolute Gasteiger partial charge is 0.243 e. The Morgan fingerprint density at radius 1 is 1.19 bits per heavy atom. The van der Waals surface area contributed by atoms with Crippen molar-refractivity contribution in [3.63, 3.8) is 0 Å². The molecule has 0 atom stereocenters. The number of rotatable bonds is 4. The summed E-state index contributed by atoms with van der Waals surface area (Å²) in [6, 6.07) is 9.19. The highest BCUT2D eigenvalue weighted by molar-refractivity contribution is 9.10. The van der Waals surface area contributed by atoms with Gasteiger partial charge in [-0.05, 0) is 41.1 Å². The molecule has 0 heterocycles. The predicted octanol–water partition coefficient (Wildman–Crippen LogP) is 4.09. The normalized spacial score (nSPS) is 10.3. The molecule has 2 rings (SSSR count). The van der Waals surface area contributed by atoms with E-state index in [-0.39, 0.29) is 22.6 Å². The van der Waals surface area contributed by atoms with E-state index < -0.39 is 11.6 Å². The number of nitrogens with one attached hydrogen (secondary N) is 2. The highest BCUT2D eigenvalue weighted by Gasteiger charge is 2.11. The Morgan fingerprint density at radius 3 is 2.48 bits per heavy atom. The standard InChI is InChI=1S/C15H13BrF2N2O/c1-9-2-4-11(5-3-9)20-14(21)8-19-15-12(16)6-10(17)7-13(15)18/h2-7,19H,8H2,1H3,(H,20,21). The number of hydrogen-bond acceptors (Lipinski definition) is 2. The van der Waals surface area contributed by atoms with Crippen LogP contribution in [0, 0.1) is 18.6 Å². The third kappa shape index (κ3) is 4.26. The first-order valence-electron chi connectivity index (χ1n) is 6.20. The molecule has 0 saturated heterocycles. The second kappa shape index (κ2) is 6.67. The molecule has 0 saturated carbocycles. The van der Waals surface area contributed by atoms with E-state index in [1.807, 2.05) is 19.1 Å². The molecular weight excluding hydrogens is 342 g/mol. The predicted molar refractivity (Wildman–Crippen MR) is 82.4 cm³/mol. The molecule has 0 aliphatic carbocycles. The molecule has 21 heavy (non-hydrogen) atoms. The van der Waals surface area contributed by atoms with Crippen molar-refractivity contribution in [2.24, 2.45) is 0 Å². The van der Waals surface area contributed by atoms with E-state index in [2.05, 4.69) is 26.6 Å². The zero-order valence-corrected chi connectivity index (χ0v) is 12.8. The number of carbonyl (C=O) groups is 1. The summed E-state index contributed by atoms with van der Waals surface area (Å²) in [7, 11) is 0. The fraction of sp³-hybridized carbons (Fsp3) is 0.133.